The van der Waals surface area contributed by atoms with Gasteiger partial charge in [0.1, 0.15) is 0 Å². The molecule has 1 aliphatic carbocycles. The van der Waals surface area contributed by atoms with Crippen molar-refractivity contribution in [2.75, 3.05) is 6.61 Å². The number of unbranched alkanes of at least 4 members (excludes halogenated alkanes) is 1. The number of ether oxygens (including phenoxy) is 1. The Balaban J connectivity index is 2.79. The van der Waals surface area contributed by atoms with Gasteiger partial charge in [-0.15, -0.1) is 0 Å². The van der Waals surface area contributed by atoms with Crippen molar-refractivity contribution < 1.29 is 14.3 Å². The van der Waals surface area contributed by atoms with Crippen molar-refractivity contribution in [1.82, 2.24) is 0 Å². The summed E-state index contributed by atoms with van der Waals surface area (Å²) in [7, 11) is 0. The van der Waals surface area contributed by atoms with Crippen molar-refractivity contribution in [3.05, 3.63) is 11.3 Å². The van der Waals surface area contributed by atoms with Gasteiger partial charge in [-0.1, -0.05) is 13.3 Å². The van der Waals surface area contributed by atoms with Crippen molar-refractivity contribution in [3.63, 3.8) is 0 Å². The molecular weight excluding hydrogens is 180 g/mol. The Bertz CT molecular complexity index is 276. The lowest BCUT2D eigenvalue weighted by Gasteiger charge is -2.04. The Labute approximate surface area is 84.1 Å². The van der Waals surface area contributed by atoms with Gasteiger partial charge in [0, 0.05) is 5.57 Å². The van der Waals surface area contributed by atoms with Crippen LogP contribution < -0.4 is 0 Å². The van der Waals surface area contributed by atoms with Gasteiger partial charge in [0.25, 0.3) is 0 Å². The standard InChI is InChI=1S/C11H16O3/c1-3-5-6-8-9(12)7-10(13)11(8)14-4-2/h3-7H2,1-2H3. The van der Waals surface area contributed by atoms with Gasteiger partial charge in [-0.05, 0) is 19.8 Å². The second-order valence-electron chi connectivity index (χ2n) is 3.37. The topological polar surface area (TPSA) is 43.4 Å². The van der Waals surface area contributed by atoms with Crippen LogP contribution in [0.25, 0.3) is 0 Å². The van der Waals surface area contributed by atoms with Crippen LogP contribution >= 0.6 is 0 Å². The van der Waals surface area contributed by atoms with Crippen LogP contribution in [0.2, 0.25) is 0 Å². The summed E-state index contributed by atoms with van der Waals surface area (Å²) in [5.74, 6) is 0.126. The third kappa shape index (κ3) is 2.22. The summed E-state index contributed by atoms with van der Waals surface area (Å²) in [5, 5.41) is 0. The number of hydrogen-bond donors (Lipinski definition) is 0. The Kier molecular flexibility index (Phi) is 3.86. The molecular formula is C11H16O3. The highest BCUT2D eigenvalue weighted by Gasteiger charge is 2.31. The molecule has 3 heteroatoms. The second kappa shape index (κ2) is 4.94. The van der Waals surface area contributed by atoms with Gasteiger partial charge >= 0.3 is 0 Å². The molecule has 0 atom stereocenters. The first-order valence-electron chi connectivity index (χ1n) is 5.13. The van der Waals surface area contributed by atoms with Gasteiger partial charge in [0.2, 0.25) is 5.78 Å². The highest BCUT2D eigenvalue weighted by atomic mass is 16.5. The molecule has 0 heterocycles. The smallest absolute Gasteiger partial charge is 0.205 e. The predicted octanol–water partition coefficient (Wildman–Crippen LogP) is 2.01. The third-order valence-corrected chi connectivity index (χ3v) is 2.25. The predicted molar refractivity (Wildman–Crippen MR) is 52.8 cm³/mol. The normalized spacial score (nSPS) is 16.7. The molecule has 0 spiro atoms. The summed E-state index contributed by atoms with van der Waals surface area (Å²) in [6, 6.07) is 0. The van der Waals surface area contributed by atoms with Crippen LogP contribution in [0.15, 0.2) is 11.3 Å². The van der Waals surface area contributed by atoms with E-state index in [9.17, 15) is 9.59 Å². The zero-order valence-corrected chi connectivity index (χ0v) is 8.76. The quantitative estimate of drug-likeness (QED) is 0.632. The average molecular weight is 196 g/mol. The van der Waals surface area contributed by atoms with Gasteiger partial charge in [-0.3, -0.25) is 9.59 Å². The van der Waals surface area contributed by atoms with Crippen LogP contribution in [0.5, 0.6) is 0 Å². The number of ketones is 2. The second-order valence-corrected chi connectivity index (χ2v) is 3.37. The maximum absolute atomic E-state index is 11.4. The summed E-state index contributed by atoms with van der Waals surface area (Å²) in [6.45, 7) is 4.33. The summed E-state index contributed by atoms with van der Waals surface area (Å²) in [5.41, 5.74) is 0.610. The van der Waals surface area contributed by atoms with E-state index in [1.807, 2.05) is 6.92 Å². The van der Waals surface area contributed by atoms with Gasteiger partial charge < -0.3 is 4.74 Å². The molecule has 1 rings (SSSR count). The SMILES string of the molecule is CCCCC1=C(OCC)C(=O)CC1=O. The zero-order chi connectivity index (χ0) is 10.6. The fraction of sp³-hybridized carbons (Fsp3) is 0.636. The number of rotatable bonds is 5. The molecule has 14 heavy (non-hydrogen) atoms. The van der Waals surface area contributed by atoms with E-state index in [2.05, 4.69) is 6.92 Å². The lowest BCUT2D eigenvalue weighted by atomic mass is 10.1. The van der Waals surface area contributed by atoms with Crippen LogP contribution in [0.3, 0.4) is 0 Å². The van der Waals surface area contributed by atoms with E-state index in [0.29, 0.717) is 24.4 Å². The first-order chi connectivity index (χ1) is 6.70. The Hall–Kier alpha value is -1.12. The molecule has 0 N–H and O–H groups in total. The molecule has 0 fully saturated rings. The summed E-state index contributed by atoms with van der Waals surface area (Å²) in [6.07, 6.45) is 2.64. The average Bonchev–Trinajstić information content (AvgIpc) is 2.40. The van der Waals surface area contributed by atoms with E-state index in [4.69, 9.17) is 4.74 Å². The highest BCUT2D eigenvalue weighted by Crippen LogP contribution is 2.24. The molecule has 0 saturated heterocycles. The minimum Gasteiger partial charge on any atom is -0.490 e. The fourth-order valence-corrected chi connectivity index (χ4v) is 1.55. The number of hydrogen-bond acceptors (Lipinski definition) is 3. The molecule has 0 aliphatic heterocycles. The molecule has 0 amide bonds. The zero-order valence-electron chi connectivity index (χ0n) is 8.76. The van der Waals surface area contributed by atoms with Crippen LogP contribution in [-0.2, 0) is 14.3 Å². The molecule has 0 saturated carbocycles. The van der Waals surface area contributed by atoms with Gasteiger partial charge in [-0.2, -0.15) is 0 Å². The van der Waals surface area contributed by atoms with E-state index in [0.717, 1.165) is 12.8 Å². The lowest BCUT2D eigenvalue weighted by molar-refractivity contribution is -0.122. The molecule has 0 aromatic rings. The van der Waals surface area contributed by atoms with Crippen LogP contribution in [0.1, 0.15) is 39.5 Å². The van der Waals surface area contributed by atoms with E-state index >= 15 is 0 Å². The highest BCUT2D eigenvalue weighted by molar-refractivity contribution is 6.21. The van der Waals surface area contributed by atoms with Crippen molar-refractivity contribution >= 4 is 11.6 Å². The number of carbonyl (C=O) groups is 2. The Morgan fingerprint density at radius 1 is 1.21 bits per heavy atom. The van der Waals surface area contributed by atoms with Crippen molar-refractivity contribution in [2.24, 2.45) is 0 Å². The van der Waals surface area contributed by atoms with E-state index < -0.39 is 0 Å². The van der Waals surface area contributed by atoms with Gasteiger partial charge in [0.15, 0.2) is 11.5 Å². The first-order valence-corrected chi connectivity index (χ1v) is 5.13. The molecule has 0 aromatic heterocycles. The largest absolute Gasteiger partial charge is 0.490 e. The molecule has 0 aromatic carbocycles. The molecule has 3 nitrogen and oxygen atoms in total. The van der Waals surface area contributed by atoms with Gasteiger partial charge in [-0.25, -0.2) is 0 Å². The number of carbonyl (C=O) groups excluding carboxylic acids is 2. The third-order valence-electron chi connectivity index (χ3n) is 2.25. The van der Waals surface area contributed by atoms with Crippen LogP contribution in [0.4, 0.5) is 0 Å². The number of Topliss-reactive ketones (excluding diaryl/α,β-unsaturated/α-hetero) is 2. The first kappa shape index (κ1) is 11.0. The number of allylic oxidation sites excluding steroid dienone is 2. The van der Waals surface area contributed by atoms with E-state index in [1.54, 1.807) is 0 Å². The summed E-state index contributed by atoms with van der Waals surface area (Å²) in [4.78, 5) is 22.8. The van der Waals surface area contributed by atoms with Crippen molar-refractivity contribution in [1.29, 1.82) is 0 Å². The minimum atomic E-state index is -0.150. The van der Waals surface area contributed by atoms with E-state index in [1.165, 1.54) is 0 Å². The molecule has 0 unspecified atom stereocenters. The van der Waals surface area contributed by atoms with Crippen LogP contribution in [-0.4, -0.2) is 18.2 Å². The van der Waals surface area contributed by atoms with Crippen molar-refractivity contribution in [2.45, 2.75) is 39.5 Å². The van der Waals surface area contributed by atoms with Crippen LogP contribution in [0, 0.1) is 0 Å². The monoisotopic (exact) mass is 196 g/mol. The lowest BCUT2D eigenvalue weighted by Crippen LogP contribution is -2.01. The Morgan fingerprint density at radius 3 is 2.50 bits per heavy atom. The van der Waals surface area contributed by atoms with Crippen molar-refractivity contribution in [3.8, 4) is 0 Å². The van der Waals surface area contributed by atoms with Gasteiger partial charge in [0.05, 0.1) is 13.0 Å². The maximum Gasteiger partial charge on any atom is 0.205 e. The molecule has 0 radical (unpaired) electrons. The molecule has 1 aliphatic rings. The summed E-state index contributed by atoms with van der Waals surface area (Å²) < 4.78 is 5.20. The minimum absolute atomic E-state index is 0.00831. The maximum atomic E-state index is 11.4. The molecule has 0 bridgehead atoms. The van der Waals surface area contributed by atoms with E-state index in [-0.39, 0.29) is 18.0 Å². The molecule has 78 valence electrons. The Morgan fingerprint density at radius 2 is 1.93 bits per heavy atom. The summed E-state index contributed by atoms with van der Waals surface area (Å²) >= 11 is 0. The fourth-order valence-electron chi connectivity index (χ4n) is 1.55.